The van der Waals surface area contributed by atoms with E-state index in [2.05, 4.69) is 159 Å². The highest BCUT2D eigenvalue weighted by Crippen LogP contribution is 2.58. The quantitative estimate of drug-likeness (QED) is 0.162. The third-order valence-corrected chi connectivity index (χ3v) is 7.74. The predicted molar refractivity (Wildman–Crippen MR) is 146 cm³/mol. The summed E-state index contributed by atoms with van der Waals surface area (Å²) < 4.78 is 2.28. The minimum atomic E-state index is -0.400. The summed E-state index contributed by atoms with van der Waals surface area (Å²) in [6.45, 7) is 0. The Kier molecular flexibility index (Phi) is 5.03. The second kappa shape index (κ2) is 8.20. The lowest BCUT2D eigenvalue weighted by atomic mass is 9.67. The standard InChI is InChI=1S/C31H22IN/c32-33(24-15-5-2-6-16-24)30-22-12-11-21-29(30)31(23-13-3-1-4-14-23)27-19-9-7-17-25(27)26-18-8-10-20-28(26)31/h1-22H. The zero-order valence-electron chi connectivity index (χ0n) is 18.0. The minimum Gasteiger partial charge on any atom is -0.283 e. The smallest absolute Gasteiger partial charge is 0.0734 e. The Hall–Kier alpha value is -3.37. The van der Waals surface area contributed by atoms with Gasteiger partial charge < -0.3 is 0 Å². The van der Waals surface area contributed by atoms with Crippen molar-refractivity contribution in [2.45, 2.75) is 5.41 Å². The molecule has 0 radical (unpaired) electrons. The van der Waals surface area contributed by atoms with Crippen LogP contribution in [0.2, 0.25) is 0 Å². The number of hydrogen-bond donors (Lipinski definition) is 0. The lowest BCUT2D eigenvalue weighted by molar-refractivity contribution is 0.770. The monoisotopic (exact) mass is 535 g/mol. The van der Waals surface area contributed by atoms with Crippen molar-refractivity contribution in [3.8, 4) is 11.1 Å². The molecule has 33 heavy (non-hydrogen) atoms. The summed E-state index contributed by atoms with van der Waals surface area (Å²) in [6, 6.07) is 48.2. The average Bonchev–Trinajstić information content (AvgIpc) is 3.20. The maximum atomic E-state index is 2.44. The predicted octanol–water partition coefficient (Wildman–Crippen LogP) is 8.54. The fourth-order valence-electron chi connectivity index (χ4n) is 5.34. The van der Waals surface area contributed by atoms with Crippen molar-refractivity contribution in [3.05, 3.63) is 156 Å². The van der Waals surface area contributed by atoms with Gasteiger partial charge in [-0.1, -0.05) is 115 Å². The maximum absolute atomic E-state index is 2.44. The molecule has 2 heteroatoms. The van der Waals surface area contributed by atoms with Crippen LogP contribution in [0.1, 0.15) is 22.3 Å². The molecule has 1 aliphatic rings. The Morgan fingerprint density at radius 2 is 0.909 bits per heavy atom. The molecule has 0 unspecified atom stereocenters. The van der Waals surface area contributed by atoms with Crippen molar-refractivity contribution in [2.24, 2.45) is 0 Å². The van der Waals surface area contributed by atoms with Crippen LogP contribution in [0.25, 0.3) is 11.1 Å². The van der Waals surface area contributed by atoms with Gasteiger partial charge in [-0.15, -0.1) is 0 Å². The number of para-hydroxylation sites is 2. The molecule has 0 N–H and O–H groups in total. The molecule has 158 valence electrons. The second-order valence-electron chi connectivity index (χ2n) is 8.34. The number of fused-ring (bicyclic) bond motifs is 3. The molecule has 0 saturated carbocycles. The highest BCUT2D eigenvalue weighted by atomic mass is 127. The molecule has 6 rings (SSSR count). The van der Waals surface area contributed by atoms with E-state index in [4.69, 9.17) is 0 Å². The van der Waals surface area contributed by atoms with Gasteiger partial charge in [-0.25, -0.2) is 0 Å². The molecule has 1 nitrogen and oxygen atoms in total. The van der Waals surface area contributed by atoms with Gasteiger partial charge in [-0.05, 0) is 51.6 Å². The molecule has 0 amide bonds. The Balaban J connectivity index is 1.73. The SMILES string of the molecule is IN(c1ccccc1)c1ccccc1C1(c2ccccc2)c2ccccc2-c2ccccc21. The second-order valence-corrected chi connectivity index (χ2v) is 9.31. The number of rotatable bonds is 4. The van der Waals surface area contributed by atoms with E-state index >= 15 is 0 Å². The summed E-state index contributed by atoms with van der Waals surface area (Å²) in [5.74, 6) is 0. The van der Waals surface area contributed by atoms with E-state index in [0.717, 1.165) is 5.69 Å². The highest BCUT2D eigenvalue weighted by Gasteiger charge is 2.47. The average molecular weight is 535 g/mol. The van der Waals surface area contributed by atoms with Gasteiger partial charge in [-0.2, -0.15) is 0 Å². The van der Waals surface area contributed by atoms with Crippen LogP contribution in [-0.2, 0) is 5.41 Å². The summed E-state index contributed by atoms with van der Waals surface area (Å²) in [4.78, 5) is 0. The first-order valence-electron chi connectivity index (χ1n) is 11.2. The van der Waals surface area contributed by atoms with Crippen LogP contribution in [0, 0.1) is 0 Å². The van der Waals surface area contributed by atoms with E-state index in [0.29, 0.717) is 0 Å². The fraction of sp³-hybridized carbons (Fsp3) is 0.0323. The summed E-state index contributed by atoms with van der Waals surface area (Å²) >= 11 is 2.44. The van der Waals surface area contributed by atoms with Crippen LogP contribution >= 0.6 is 22.9 Å². The molecule has 0 aromatic heterocycles. The van der Waals surface area contributed by atoms with Gasteiger partial charge in [-0.3, -0.25) is 3.11 Å². The zero-order valence-corrected chi connectivity index (χ0v) is 20.2. The van der Waals surface area contributed by atoms with Crippen LogP contribution < -0.4 is 3.11 Å². The van der Waals surface area contributed by atoms with Gasteiger partial charge in [0.2, 0.25) is 0 Å². The Bertz CT molecular complexity index is 1380. The summed E-state index contributed by atoms with van der Waals surface area (Å²) in [5, 5.41) is 0. The first-order chi connectivity index (χ1) is 16.3. The third-order valence-electron chi connectivity index (χ3n) is 6.66. The van der Waals surface area contributed by atoms with Crippen molar-refractivity contribution < 1.29 is 0 Å². The normalized spacial score (nSPS) is 13.2. The Morgan fingerprint density at radius 3 is 1.52 bits per heavy atom. The lowest BCUT2D eigenvalue weighted by Gasteiger charge is -2.36. The number of anilines is 2. The molecule has 0 aliphatic heterocycles. The highest BCUT2D eigenvalue weighted by molar-refractivity contribution is 14.1. The van der Waals surface area contributed by atoms with Crippen molar-refractivity contribution in [1.29, 1.82) is 0 Å². The summed E-state index contributed by atoms with van der Waals surface area (Å²) in [6.07, 6.45) is 0. The molecular formula is C31H22IN. The van der Waals surface area contributed by atoms with Crippen molar-refractivity contribution >= 4 is 34.2 Å². The van der Waals surface area contributed by atoms with Crippen LogP contribution in [-0.4, -0.2) is 0 Å². The molecule has 0 atom stereocenters. The zero-order chi connectivity index (χ0) is 22.3. The molecule has 1 aliphatic carbocycles. The van der Waals surface area contributed by atoms with E-state index in [1.54, 1.807) is 0 Å². The Labute approximate surface area is 208 Å². The van der Waals surface area contributed by atoms with Crippen LogP contribution in [0.5, 0.6) is 0 Å². The molecule has 5 aromatic carbocycles. The summed E-state index contributed by atoms with van der Waals surface area (Å²) in [7, 11) is 0. The van der Waals surface area contributed by atoms with Gasteiger partial charge in [0.25, 0.3) is 0 Å². The van der Waals surface area contributed by atoms with Gasteiger partial charge in [0.1, 0.15) is 0 Å². The van der Waals surface area contributed by atoms with E-state index in [1.807, 2.05) is 0 Å². The van der Waals surface area contributed by atoms with E-state index in [1.165, 1.54) is 39.1 Å². The number of nitrogens with zero attached hydrogens (tertiary/aromatic N) is 1. The van der Waals surface area contributed by atoms with Crippen molar-refractivity contribution in [3.63, 3.8) is 0 Å². The summed E-state index contributed by atoms with van der Waals surface area (Å²) in [5.41, 5.74) is 9.82. The molecule has 0 spiro atoms. The first-order valence-corrected chi connectivity index (χ1v) is 12.1. The van der Waals surface area contributed by atoms with Gasteiger partial charge in [0, 0.05) is 0 Å². The molecule has 5 aromatic rings. The maximum Gasteiger partial charge on any atom is 0.0734 e. The van der Waals surface area contributed by atoms with Crippen molar-refractivity contribution in [2.75, 3.05) is 3.11 Å². The lowest BCUT2D eigenvalue weighted by Crippen LogP contribution is -2.30. The van der Waals surface area contributed by atoms with E-state index < -0.39 is 5.41 Å². The van der Waals surface area contributed by atoms with Crippen LogP contribution in [0.4, 0.5) is 11.4 Å². The molecular weight excluding hydrogens is 513 g/mol. The van der Waals surface area contributed by atoms with Gasteiger partial charge in [0.05, 0.1) is 39.7 Å². The number of halogens is 1. The number of benzene rings is 5. The third kappa shape index (κ3) is 3.05. The molecule has 0 fully saturated rings. The Morgan fingerprint density at radius 1 is 0.455 bits per heavy atom. The van der Waals surface area contributed by atoms with E-state index in [-0.39, 0.29) is 0 Å². The van der Waals surface area contributed by atoms with Gasteiger partial charge >= 0.3 is 0 Å². The van der Waals surface area contributed by atoms with E-state index in [9.17, 15) is 0 Å². The van der Waals surface area contributed by atoms with Crippen molar-refractivity contribution in [1.82, 2.24) is 0 Å². The molecule has 0 saturated heterocycles. The van der Waals surface area contributed by atoms with Crippen LogP contribution in [0.15, 0.2) is 133 Å². The molecule has 0 bridgehead atoms. The van der Waals surface area contributed by atoms with Gasteiger partial charge in [0.15, 0.2) is 0 Å². The fourth-order valence-corrected chi connectivity index (χ4v) is 6.08. The first kappa shape index (κ1) is 20.3. The number of hydrogen-bond acceptors (Lipinski definition) is 1. The van der Waals surface area contributed by atoms with Crippen LogP contribution in [0.3, 0.4) is 0 Å². The largest absolute Gasteiger partial charge is 0.283 e. The minimum absolute atomic E-state index is 0.400. The molecule has 0 heterocycles. The topological polar surface area (TPSA) is 3.24 Å².